The number of nitrogens with zero attached hydrogens (tertiary/aromatic N) is 2. The number of benzene rings is 1. The molecule has 1 amide bonds. The highest BCUT2D eigenvalue weighted by molar-refractivity contribution is 7.13. The molecule has 27 heavy (non-hydrogen) atoms. The van der Waals surface area contributed by atoms with Crippen LogP contribution < -0.4 is 10.6 Å². The highest BCUT2D eigenvalue weighted by Gasteiger charge is 2.34. The summed E-state index contributed by atoms with van der Waals surface area (Å²) in [7, 11) is 0. The molecule has 0 unspecified atom stereocenters. The topological polar surface area (TPSA) is 66.9 Å². The van der Waals surface area contributed by atoms with Crippen LogP contribution in [-0.2, 0) is 17.4 Å². The van der Waals surface area contributed by atoms with E-state index in [9.17, 15) is 22.4 Å². The molecule has 10 heteroatoms. The van der Waals surface area contributed by atoms with Crippen LogP contribution in [0.1, 0.15) is 11.3 Å². The van der Waals surface area contributed by atoms with Crippen LogP contribution in [0.3, 0.4) is 0 Å². The van der Waals surface area contributed by atoms with Crippen LogP contribution in [0.5, 0.6) is 0 Å². The first-order valence-corrected chi connectivity index (χ1v) is 8.48. The predicted octanol–water partition coefficient (Wildman–Crippen LogP) is 4.62. The summed E-state index contributed by atoms with van der Waals surface area (Å²) in [6.07, 6.45) is -3.37. The van der Waals surface area contributed by atoms with Crippen LogP contribution in [0.25, 0.3) is 0 Å². The van der Waals surface area contributed by atoms with Crippen molar-refractivity contribution in [1.82, 2.24) is 9.97 Å². The summed E-state index contributed by atoms with van der Waals surface area (Å²) in [6.45, 7) is 0. The molecule has 1 aromatic carbocycles. The first-order valence-electron chi connectivity index (χ1n) is 7.60. The van der Waals surface area contributed by atoms with Gasteiger partial charge >= 0.3 is 6.18 Å². The molecule has 0 fully saturated rings. The van der Waals surface area contributed by atoms with Crippen LogP contribution in [0.2, 0.25) is 0 Å². The summed E-state index contributed by atoms with van der Waals surface area (Å²) in [6, 6.07) is 7.61. The van der Waals surface area contributed by atoms with Crippen molar-refractivity contribution in [2.75, 3.05) is 10.6 Å². The minimum atomic E-state index is -4.84. The Balaban J connectivity index is 1.63. The molecule has 3 rings (SSSR count). The van der Waals surface area contributed by atoms with E-state index in [0.29, 0.717) is 28.8 Å². The van der Waals surface area contributed by atoms with E-state index in [0.717, 1.165) is 6.07 Å². The van der Waals surface area contributed by atoms with Gasteiger partial charge in [-0.3, -0.25) is 4.79 Å². The molecule has 0 aliphatic carbocycles. The van der Waals surface area contributed by atoms with E-state index < -0.39 is 23.5 Å². The van der Waals surface area contributed by atoms with Crippen molar-refractivity contribution in [3.63, 3.8) is 0 Å². The third-order valence-corrected chi connectivity index (χ3v) is 4.16. The van der Waals surface area contributed by atoms with Crippen molar-refractivity contribution >= 4 is 33.9 Å². The average molecular weight is 396 g/mol. The lowest BCUT2D eigenvalue weighted by molar-refractivity contribution is -0.140. The Kier molecular flexibility index (Phi) is 5.36. The van der Waals surface area contributed by atoms with Gasteiger partial charge in [-0.2, -0.15) is 13.2 Å². The highest BCUT2D eigenvalue weighted by atomic mass is 32.1. The van der Waals surface area contributed by atoms with Gasteiger partial charge in [-0.15, -0.1) is 11.3 Å². The lowest BCUT2D eigenvalue weighted by Gasteiger charge is -2.10. The molecular weight excluding hydrogens is 384 g/mol. The molecule has 0 saturated heterocycles. The second-order valence-electron chi connectivity index (χ2n) is 5.40. The van der Waals surface area contributed by atoms with Gasteiger partial charge in [0.2, 0.25) is 5.91 Å². The van der Waals surface area contributed by atoms with Gasteiger partial charge in [0, 0.05) is 17.3 Å². The lowest BCUT2D eigenvalue weighted by Crippen LogP contribution is -2.16. The summed E-state index contributed by atoms with van der Waals surface area (Å²) < 4.78 is 51.4. The van der Waals surface area contributed by atoms with E-state index in [-0.39, 0.29) is 12.1 Å². The molecule has 5 nitrogen and oxygen atoms in total. The normalized spacial score (nSPS) is 11.3. The van der Waals surface area contributed by atoms with Gasteiger partial charge < -0.3 is 10.6 Å². The van der Waals surface area contributed by atoms with Crippen LogP contribution >= 0.6 is 11.3 Å². The number of carbonyl (C=O) groups excluding carboxylic acids is 1. The Hall–Kier alpha value is -3.01. The maximum atomic E-state index is 13.3. The maximum Gasteiger partial charge on any atom is 0.419 e. The second-order valence-corrected chi connectivity index (χ2v) is 6.26. The monoisotopic (exact) mass is 396 g/mol. The largest absolute Gasteiger partial charge is 0.419 e. The number of aromatic nitrogens is 2. The number of anilines is 3. The number of pyridine rings is 1. The number of nitrogens with one attached hydrogen (secondary N) is 2. The SMILES string of the molecule is O=C(Cc1csc(Nc2ccccn2)n1)Nc1ccc(F)c(C(F)(F)F)c1. The van der Waals surface area contributed by atoms with Gasteiger partial charge in [-0.25, -0.2) is 14.4 Å². The second kappa shape index (κ2) is 7.70. The first kappa shape index (κ1) is 18.8. The molecule has 2 N–H and O–H groups in total. The third-order valence-electron chi connectivity index (χ3n) is 3.35. The van der Waals surface area contributed by atoms with Crippen molar-refractivity contribution in [3.05, 3.63) is 65.0 Å². The van der Waals surface area contributed by atoms with Gasteiger partial charge in [-0.1, -0.05) is 6.07 Å². The number of rotatable bonds is 5. The Morgan fingerprint density at radius 1 is 1.19 bits per heavy atom. The van der Waals surface area contributed by atoms with E-state index in [4.69, 9.17) is 0 Å². The number of hydrogen-bond acceptors (Lipinski definition) is 5. The van der Waals surface area contributed by atoms with Crippen LogP contribution in [-0.4, -0.2) is 15.9 Å². The molecule has 0 aliphatic heterocycles. The zero-order valence-electron chi connectivity index (χ0n) is 13.5. The number of amides is 1. The third kappa shape index (κ3) is 5.00. The number of alkyl halides is 3. The van der Waals surface area contributed by atoms with Crippen molar-refractivity contribution in [3.8, 4) is 0 Å². The highest BCUT2D eigenvalue weighted by Crippen LogP contribution is 2.33. The van der Waals surface area contributed by atoms with Crippen LogP contribution in [0, 0.1) is 5.82 Å². The molecule has 0 bridgehead atoms. The minimum absolute atomic E-state index is 0.140. The Morgan fingerprint density at radius 3 is 2.70 bits per heavy atom. The van der Waals surface area contributed by atoms with Crippen molar-refractivity contribution in [1.29, 1.82) is 0 Å². The van der Waals surface area contributed by atoms with Gasteiger partial charge in [0.1, 0.15) is 11.6 Å². The van der Waals surface area contributed by atoms with E-state index in [1.165, 1.54) is 11.3 Å². The van der Waals surface area contributed by atoms with Crippen molar-refractivity contribution in [2.24, 2.45) is 0 Å². The van der Waals surface area contributed by atoms with Gasteiger partial charge in [0.05, 0.1) is 17.7 Å². The van der Waals surface area contributed by atoms with Crippen LogP contribution in [0.4, 0.5) is 34.2 Å². The minimum Gasteiger partial charge on any atom is -0.326 e. The lowest BCUT2D eigenvalue weighted by atomic mass is 10.1. The number of thiazole rings is 1. The van der Waals surface area contributed by atoms with E-state index in [1.807, 2.05) is 0 Å². The number of carbonyl (C=O) groups is 1. The molecule has 140 valence electrons. The van der Waals surface area contributed by atoms with Crippen molar-refractivity contribution in [2.45, 2.75) is 12.6 Å². The summed E-state index contributed by atoms with van der Waals surface area (Å²) in [5, 5.41) is 7.47. The Morgan fingerprint density at radius 2 is 2.00 bits per heavy atom. The number of hydrogen-bond donors (Lipinski definition) is 2. The molecule has 0 atom stereocenters. The van der Waals surface area contributed by atoms with Crippen LogP contribution in [0.15, 0.2) is 48.0 Å². The maximum absolute atomic E-state index is 13.3. The standard InChI is InChI=1S/C17H12F4N4OS/c18-13-5-4-10(7-12(13)17(19,20)21)23-15(26)8-11-9-27-16(24-11)25-14-3-1-2-6-22-14/h1-7,9H,8H2,(H,23,26)(H,22,24,25). The average Bonchev–Trinajstić information content (AvgIpc) is 3.03. The first-order chi connectivity index (χ1) is 12.8. The Bertz CT molecular complexity index is 944. The molecule has 0 spiro atoms. The van der Waals surface area contributed by atoms with E-state index >= 15 is 0 Å². The Labute approximate surface area is 155 Å². The molecule has 2 aromatic heterocycles. The summed E-state index contributed by atoms with van der Waals surface area (Å²) >= 11 is 1.26. The summed E-state index contributed by atoms with van der Waals surface area (Å²) in [5.74, 6) is -1.37. The fourth-order valence-electron chi connectivity index (χ4n) is 2.18. The van der Waals surface area contributed by atoms with Crippen molar-refractivity contribution < 1.29 is 22.4 Å². The fraction of sp³-hybridized carbons (Fsp3) is 0.118. The van der Waals surface area contributed by atoms with E-state index in [1.54, 1.807) is 29.8 Å². The van der Waals surface area contributed by atoms with Gasteiger partial charge in [-0.05, 0) is 30.3 Å². The molecule has 3 aromatic rings. The smallest absolute Gasteiger partial charge is 0.326 e. The van der Waals surface area contributed by atoms with E-state index in [2.05, 4.69) is 20.6 Å². The van der Waals surface area contributed by atoms with Gasteiger partial charge in [0.25, 0.3) is 0 Å². The number of halogens is 4. The summed E-state index contributed by atoms with van der Waals surface area (Å²) in [5.41, 5.74) is -1.14. The molecule has 0 aliphatic rings. The van der Waals surface area contributed by atoms with Gasteiger partial charge in [0.15, 0.2) is 5.13 Å². The zero-order chi connectivity index (χ0) is 19.4. The quantitative estimate of drug-likeness (QED) is 0.618. The molecule has 2 heterocycles. The summed E-state index contributed by atoms with van der Waals surface area (Å²) in [4.78, 5) is 20.4. The molecule has 0 saturated carbocycles. The predicted molar refractivity (Wildman–Crippen MR) is 93.4 cm³/mol. The zero-order valence-corrected chi connectivity index (χ0v) is 14.4. The fourth-order valence-corrected chi connectivity index (χ4v) is 2.90. The molecular formula is C17H12F4N4OS. The molecule has 0 radical (unpaired) electrons.